The van der Waals surface area contributed by atoms with E-state index in [2.05, 4.69) is 10.4 Å². The van der Waals surface area contributed by atoms with Crippen LogP contribution < -0.4 is 5.32 Å². The molecule has 0 atom stereocenters. The number of alkyl halides is 3. The Kier molecular flexibility index (Phi) is 5.90. The fourth-order valence-electron chi connectivity index (χ4n) is 3.14. The van der Waals surface area contributed by atoms with Gasteiger partial charge in [0.25, 0.3) is 5.91 Å². The van der Waals surface area contributed by atoms with Crippen molar-refractivity contribution < 1.29 is 18.0 Å². The van der Waals surface area contributed by atoms with Gasteiger partial charge in [0.05, 0.1) is 16.3 Å². The Balaban J connectivity index is 1.51. The molecule has 0 aliphatic rings. The van der Waals surface area contributed by atoms with Crippen LogP contribution in [0.1, 0.15) is 21.6 Å². The number of nitrogens with zero attached hydrogens (tertiary/aromatic N) is 2. The van der Waals surface area contributed by atoms with E-state index < -0.39 is 11.9 Å². The average Bonchev–Trinajstić information content (AvgIpc) is 3.44. The fourth-order valence-corrected chi connectivity index (χ4v) is 3.86. The van der Waals surface area contributed by atoms with Crippen LogP contribution in [0.5, 0.6) is 0 Å². The van der Waals surface area contributed by atoms with Crippen molar-refractivity contribution in [1.29, 1.82) is 0 Å². The summed E-state index contributed by atoms with van der Waals surface area (Å²) in [6.45, 7) is 0.487. The largest absolute Gasteiger partial charge is 0.435 e. The number of carbonyl (C=O) groups excluding carboxylic acids is 1. The normalized spacial score (nSPS) is 11.5. The van der Waals surface area contributed by atoms with Gasteiger partial charge in [-0.1, -0.05) is 36.4 Å². The molecule has 0 bridgehead atoms. The van der Waals surface area contributed by atoms with Crippen LogP contribution in [0.4, 0.5) is 13.2 Å². The molecule has 2 heterocycles. The van der Waals surface area contributed by atoms with Crippen LogP contribution in [-0.4, -0.2) is 22.2 Å². The number of rotatable bonds is 6. The van der Waals surface area contributed by atoms with Crippen molar-refractivity contribution in [3.8, 4) is 16.3 Å². The maximum absolute atomic E-state index is 13.2. The molecule has 4 aromatic rings. The summed E-state index contributed by atoms with van der Waals surface area (Å²) in [5, 5.41) is 8.41. The van der Waals surface area contributed by atoms with Gasteiger partial charge in [-0.2, -0.15) is 18.3 Å². The molecule has 1 amide bonds. The van der Waals surface area contributed by atoms with E-state index in [-0.39, 0.29) is 5.91 Å². The molecule has 2 aromatic heterocycles. The van der Waals surface area contributed by atoms with Crippen molar-refractivity contribution in [2.75, 3.05) is 6.54 Å². The molecule has 8 heteroatoms. The van der Waals surface area contributed by atoms with E-state index in [0.717, 1.165) is 11.6 Å². The third-order valence-electron chi connectivity index (χ3n) is 4.69. The predicted octanol–water partition coefficient (Wildman–Crippen LogP) is 5.59. The van der Waals surface area contributed by atoms with Gasteiger partial charge in [-0.15, -0.1) is 11.3 Å². The van der Waals surface area contributed by atoms with Crippen molar-refractivity contribution >= 4 is 17.2 Å². The molecule has 0 saturated heterocycles. The summed E-state index contributed by atoms with van der Waals surface area (Å²) >= 11 is 1.33. The molecule has 0 aliphatic heterocycles. The summed E-state index contributed by atoms with van der Waals surface area (Å²) in [4.78, 5) is 13.1. The summed E-state index contributed by atoms with van der Waals surface area (Å²) in [7, 11) is 0. The predicted molar refractivity (Wildman–Crippen MR) is 114 cm³/mol. The van der Waals surface area contributed by atoms with Gasteiger partial charge in [-0.25, -0.2) is 4.68 Å². The molecule has 0 unspecified atom stereocenters. The minimum absolute atomic E-state index is 0.239. The van der Waals surface area contributed by atoms with Crippen LogP contribution in [0, 0.1) is 0 Å². The Morgan fingerprint density at radius 2 is 1.74 bits per heavy atom. The van der Waals surface area contributed by atoms with Crippen molar-refractivity contribution in [3.05, 3.63) is 95.0 Å². The molecule has 1 N–H and O–H groups in total. The second-order valence-corrected chi connectivity index (χ2v) is 7.79. The SMILES string of the molecule is O=C(NCCc1ccccc1)c1ccc(-n2nc(C(F)(F)F)cc2-c2cccs2)cc1. The van der Waals surface area contributed by atoms with Gasteiger partial charge in [0.1, 0.15) is 0 Å². The number of benzene rings is 2. The lowest BCUT2D eigenvalue weighted by Gasteiger charge is -2.09. The zero-order chi connectivity index (χ0) is 21.8. The maximum Gasteiger partial charge on any atom is 0.435 e. The van der Waals surface area contributed by atoms with Crippen LogP contribution in [0.3, 0.4) is 0 Å². The number of aromatic nitrogens is 2. The summed E-state index contributed by atoms with van der Waals surface area (Å²) < 4.78 is 40.9. The number of hydrogen-bond donors (Lipinski definition) is 1. The van der Waals surface area contributed by atoms with E-state index in [1.807, 2.05) is 30.3 Å². The molecule has 4 nitrogen and oxygen atoms in total. The van der Waals surface area contributed by atoms with Crippen LogP contribution in [0.25, 0.3) is 16.3 Å². The molecule has 4 rings (SSSR count). The van der Waals surface area contributed by atoms with Crippen molar-refractivity contribution in [2.24, 2.45) is 0 Å². The van der Waals surface area contributed by atoms with E-state index in [0.29, 0.717) is 34.8 Å². The summed E-state index contributed by atoms with van der Waals surface area (Å²) in [6, 6.07) is 20.7. The molecular formula is C23H18F3N3OS. The molecule has 2 aromatic carbocycles. The summed E-state index contributed by atoms with van der Waals surface area (Å²) in [5.41, 5.74) is 1.39. The highest BCUT2D eigenvalue weighted by Crippen LogP contribution is 2.34. The highest BCUT2D eigenvalue weighted by Gasteiger charge is 2.35. The van der Waals surface area contributed by atoms with E-state index in [4.69, 9.17) is 0 Å². The highest BCUT2D eigenvalue weighted by atomic mass is 32.1. The summed E-state index contributed by atoms with van der Waals surface area (Å²) in [6.07, 6.45) is -3.84. The standard InChI is InChI=1S/C23H18F3N3OS/c24-23(25,26)21-15-19(20-7-4-14-31-20)29(28-21)18-10-8-17(9-11-18)22(30)27-13-12-16-5-2-1-3-6-16/h1-11,14-15H,12-13H2,(H,27,30). The first-order valence-corrected chi connectivity index (χ1v) is 10.4. The first-order chi connectivity index (χ1) is 14.9. The Bertz CT molecular complexity index is 1150. The number of hydrogen-bond acceptors (Lipinski definition) is 3. The van der Waals surface area contributed by atoms with E-state index in [1.54, 1.807) is 41.8 Å². The van der Waals surface area contributed by atoms with E-state index in [9.17, 15) is 18.0 Å². The van der Waals surface area contributed by atoms with E-state index >= 15 is 0 Å². The maximum atomic E-state index is 13.2. The minimum atomic E-state index is -4.55. The molecule has 0 fully saturated rings. The zero-order valence-corrected chi connectivity index (χ0v) is 17.1. The minimum Gasteiger partial charge on any atom is -0.352 e. The Hall–Kier alpha value is -3.39. The number of halogens is 3. The number of carbonyl (C=O) groups is 1. The lowest BCUT2D eigenvalue weighted by Crippen LogP contribution is -2.25. The first-order valence-electron chi connectivity index (χ1n) is 9.55. The Labute approximate surface area is 181 Å². The van der Waals surface area contributed by atoms with Crippen LogP contribution in [0.15, 0.2) is 78.2 Å². The van der Waals surface area contributed by atoms with Crippen molar-refractivity contribution in [3.63, 3.8) is 0 Å². The quantitative estimate of drug-likeness (QED) is 0.424. The zero-order valence-electron chi connectivity index (χ0n) is 16.3. The van der Waals surface area contributed by atoms with Crippen molar-refractivity contribution in [1.82, 2.24) is 15.1 Å². The smallest absolute Gasteiger partial charge is 0.352 e. The second kappa shape index (κ2) is 8.77. The molecule has 0 spiro atoms. The van der Waals surface area contributed by atoms with Gasteiger partial charge in [0.15, 0.2) is 5.69 Å². The molecular weight excluding hydrogens is 423 g/mol. The molecule has 0 saturated carbocycles. The number of nitrogens with one attached hydrogen (secondary N) is 1. The van der Waals surface area contributed by atoms with Crippen LogP contribution in [0.2, 0.25) is 0 Å². The molecule has 0 aliphatic carbocycles. The lowest BCUT2D eigenvalue weighted by atomic mass is 10.1. The first kappa shape index (κ1) is 20.9. The molecule has 0 radical (unpaired) electrons. The van der Waals surface area contributed by atoms with Gasteiger partial charge in [-0.05, 0) is 53.8 Å². The average molecular weight is 441 g/mol. The third-order valence-corrected chi connectivity index (χ3v) is 5.58. The van der Waals surface area contributed by atoms with Crippen LogP contribution in [-0.2, 0) is 12.6 Å². The Morgan fingerprint density at radius 1 is 1.00 bits per heavy atom. The van der Waals surface area contributed by atoms with Gasteiger partial charge in [0.2, 0.25) is 0 Å². The number of amides is 1. The highest BCUT2D eigenvalue weighted by molar-refractivity contribution is 7.13. The monoisotopic (exact) mass is 441 g/mol. The molecule has 31 heavy (non-hydrogen) atoms. The van der Waals surface area contributed by atoms with Crippen molar-refractivity contribution in [2.45, 2.75) is 12.6 Å². The van der Waals surface area contributed by atoms with Gasteiger partial charge in [0, 0.05) is 12.1 Å². The fraction of sp³-hybridized carbons (Fsp3) is 0.130. The molecule has 158 valence electrons. The lowest BCUT2D eigenvalue weighted by molar-refractivity contribution is -0.141. The second-order valence-electron chi connectivity index (χ2n) is 6.84. The third kappa shape index (κ3) is 4.86. The van der Waals surface area contributed by atoms with Gasteiger partial charge >= 0.3 is 6.18 Å². The Morgan fingerprint density at radius 3 is 2.39 bits per heavy atom. The van der Waals surface area contributed by atoms with E-state index in [1.165, 1.54) is 16.0 Å². The topological polar surface area (TPSA) is 46.9 Å². The van der Waals surface area contributed by atoms with Crippen LogP contribution >= 0.6 is 11.3 Å². The van der Waals surface area contributed by atoms with Gasteiger partial charge < -0.3 is 5.32 Å². The number of thiophene rings is 1. The summed E-state index contributed by atoms with van der Waals surface area (Å²) in [5.74, 6) is -0.239. The van der Waals surface area contributed by atoms with Gasteiger partial charge in [-0.3, -0.25) is 4.79 Å².